The molecule has 0 bridgehead atoms. The highest BCUT2D eigenvalue weighted by Crippen LogP contribution is 2.33. The first-order chi connectivity index (χ1) is 6.79. The smallest absolute Gasteiger partial charge is 0.0574 e. The molecule has 0 atom stereocenters. The lowest BCUT2D eigenvalue weighted by Gasteiger charge is -2.24. The van der Waals surface area contributed by atoms with Crippen molar-refractivity contribution in [1.82, 2.24) is 5.32 Å². The molecule has 2 rings (SSSR count). The van der Waals surface area contributed by atoms with E-state index < -0.39 is 0 Å². The van der Waals surface area contributed by atoms with Crippen LogP contribution < -0.4 is 5.32 Å². The normalized spacial score (nSPS) is 18.4. The minimum absolute atomic E-state index is 0.651. The molecule has 0 aliphatic carbocycles. The third-order valence-electron chi connectivity index (χ3n) is 2.76. The molecular weight excluding hydrogens is 308 g/mol. The molecule has 1 nitrogen and oxygen atoms in total. The van der Waals surface area contributed by atoms with Crippen molar-refractivity contribution >= 4 is 34.2 Å². The molecule has 1 aromatic rings. The summed E-state index contributed by atoms with van der Waals surface area (Å²) in [6.45, 7) is 2.24. The Hall–Kier alpha value is 0.200. The van der Waals surface area contributed by atoms with Crippen LogP contribution in [0.15, 0.2) is 18.2 Å². The number of nitrogens with one attached hydrogen (secondary N) is 1. The maximum Gasteiger partial charge on any atom is 0.0574 e. The van der Waals surface area contributed by atoms with Crippen molar-refractivity contribution in [3.05, 3.63) is 32.4 Å². The van der Waals surface area contributed by atoms with Gasteiger partial charge in [0.05, 0.1) is 5.02 Å². The van der Waals surface area contributed by atoms with Crippen LogP contribution >= 0.6 is 34.2 Å². The average molecular weight is 322 g/mol. The Balaban J connectivity index is 2.26. The van der Waals surface area contributed by atoms with Crippen LogP contribution in [0.3, 0.4) is 0 Å². The Kier molecular flexibility index (Phi) is 3.68. The monoisotopic (exact) mass is 321 g/mol. The summed E-state index contributed by atoms with van der Waals surface area (Å²) < 4.78 is 1.17. The Morgan fingerprint density at radius 1 is 1.29 bits per heavy atom. The van der Waals surface area contributed by atoms with Crippen LogP contribution in [0.4, 0.5) is 0 Å². The molecule has 3 heteroatoms. The molecule has 1 heterocycles. The molecule has 76 valence electrons. The van der Waals surface area contributed by atoms with Gasteiger partial charge in [-0.15, -0.1) is 0 Å². The van der Waals surface area contributed by atoms with Gasteiger partial charge < -0.3 is 5.32 Å². The van der Waals surface area contributed by atoms with Gasteiger partial charge in [-0.1, -0.05) is 23.7 Å². The predicted octanol–water partition coefficient (Wildman–Crippen LogP) is 3.41. The number of rotatable bonds is 1. The molecule has 0 amide bonds. The Morgan fingerprint density at radius 2 is 2.00 bits per heavy atom. The maximum absolute atomic E-state index is 6.30. The fourth-order valence-corrected chi connectivity index (χ4v) is 2.77. The van der Waals surface area contributed by atoms with E-state index in [-0.39, 0.29) is 0 Å². The quantitative estimate of drug-likeness (QED) is 0.782. The molecule has 0 radical (unpaired) electrons. The van der Waals surface area contributed by atoms with Crippen LogP contribution in [-0.2, 0) is 0 Å². The second-order valence-electron chi connectivity index (χ2n) is 3.67. The Morgan fingerprint density at radius 3 is 2.71 bits per heavy atom. The highest BCUT2D eigenvalue weighted by molar-refractivity contribution is 14.1. The fourth-order valence-electron chi connectivity index (χ4n) is 1.97. The van der Waals surface area contributed by atoms with Crippen LogP contribution in [-0.4, -0.2) is 13.1 Å². The molecular formula is C11H13ClIN. The maximum atomic E-state index is 6.30. The van der Waals surface area contributed by atoms with Gasteiger partial charge in [0, 0.05) is 3.57 Å². The molecule has 0 unspecified atom stereocenters. The van der Waals surface area contributed by atoms with E-state index >= 15 is 0 Å². The Bertz CT molecular complexity index is 321. The summed E-state index contributed by atoms with van der Waals surface area (Å²) in [7, 11) is 0. The largest absolute Gasteiger partial charge is 0.317 e. The minimum Gasteiger partial charge on any atom is -0.317 e. The van der Waals surface area contributed by atoms with Gasteiger partial charge in [-0.3, -0.25) is 0 Å². The zero-order valence-corrected chi connectivity index (χ0v) is 10.8. The topological polar surface area (TPSA) is 12.0 Å². The SMILES string of the molecule is Clc1c(I)cccc1C1CCNCC1. The average Bonchev–Trinajstić information content (AvgIpc) is 2.23. The van der Waals surface area contributed by atoms with Gasteiger partial charge in [-0.2, -0.15) is 0 Å². The molecule has 0 aromatic heterocycles. The summed E-state index contributed by atoms with van der Waals surface area (Å²) in [5, 5.41) is 4.33. The van der Waals surface area contributed by atoms with E-state index in [1.807, 2.05) is 0 Å². The van der Waals surface area contributed by atoms with E-state index in [0.717, 1.165) is 18.1 Å². The summed E-state index contributed by atoms with van der Waals surface area (Å²) in [4.78, 5) is 0. The summed E-state index contributed by atoms with van der Waals surface area (Å²) in [5.74, 6) is 0.651. The van der Waals surface area contributed by atoms with Gasteiger partial charge in [0.1, 0.15) is 0 Å². The first kappa shape index (κ1) is 10.7. The third kappa shape index (κ3) is 2.23. The van der Waals surface area contributed by atoms with Gasteiger partial charge in [-0.05, 0) is 66.1 Å². The van der Waals surface area contributed by atoms with Gasteiger partial charge in [0.25, 0.3) is 0 Å². The second-order valence-corrected chi connectivity index (χ2v) is 5.21. The minimum atomic E-state index is 0.651. The molecule has 1 aromatic carbocycles. The van der Waals surface area contributed by atoms with Crippen LogP contribution in [0, 0.1) is 3.57 Å². The Labute approximate surface area is 103 Å². The lowest BCUT2D eigenvalue weighted by molar-refractivity contribution is 0.460. The van der Waals surface area contributed by atoms with Crippen LogP contribution in [0.2, 0.25) is 5.02 Å². The molecule has 0 saturated carbocycles. The number of hydrogen-bond donors (Lipinski definition) is 1. The van der Waals surface area contributed by atoms with Crippen molar-refractivity contribution < 1.29 is 0 Å². The van der Waals surface area contributed by atoms with Crippen molar-refractivity contribution in [2.24, 2.45) is 0 Å². The summed E-state index contributed by atoms with van der Waals surface area (Å²) in [6.07, 6.45) is 2.42. The van der Waals surface area contributed by atoms with Gasteiger partial charge in [-0.25, -0.2) is 0 Å². The van der Waals surface area contributed by atoms with E-state index in [2.05, 4.69) is 46.1 Å². The van der Waals surface area contributed by atoms with Crippen LogP contribution in [0.1, 0.15) is 24.3 Å². The van der Waals surface area contributed by atoms with Crippen LogP contribution in [0.25, 0.3) is 0 Å². The standard InChI is InChI=1S/C11H13ClIN/c12-11-9(2-1-3-10(11)13)8-4-6-14-7-5-8/h1-3,8,14H,4-7H2. The predicted molar refractivity (Wildman–Crippen MR) is 69.0 cm³/mol. The molecule has 0 spiro atoms. The number of piperidine rings is 1. The van der Waals surface area contributed by atoms with Crippen molar-refractivity contribution in [3.8, 4) is 0 Å². The first-order valence-corrected chi connectivity index (χ1v) is 6.39. The van der Waals surface area contributed by atoms with Crippen molar-refractivity contribution in [1.29, 1.82) is 0 Å². The molecule has 1 N–H and O–H groups in total. The molecule has 1 fully saturated rings. The number of hydrogen-bond acceptors (Lipinski definition) is 1. The molecule has 1 aliphatic heterocycles. The molecule has 1 aliphatic rings. The van der Waals surface area contributed by atoms with Gasteiger partial charge in [0.2, 0.25) is 0 Å². The van der Waals surface area contributed by atoms with E-state index in [1.54, 1.807) is 0 Å². The third-order valence-corrected chi connectivity index (χ3v) is 4.40. The first-order valence-electron chi connectivity index (χ1n) is 4.93. The van der Waals surface area contributed by atoms with Crippen molar-refractivity contribution in [2.75, 3.05) is 13.1 Å². The van der Waals surface area contributed by atoms with E-state index in [9.17, 15) is 0 Å². The zero-order valence-electron chi connectivity index (χ0n) is 7.89. The van der Waals surface area contributed by atoms with E-state index in [0.29, 0.717) is 5.92 Å². The fraction of sp³-hybridized carbons (Fsp3) is 0.455. The van der Waals surface area contributed by atoms with Gasteiger partial charge in [0.15, 0.2) is 0 Å². The van der Waals surface area contributed by atoms with E-state index in [4.69, 9.17) is 11.6 Å². The molecule has 14 heavy (non-hydrogen) atoms. The summed E-state index contributed by atoms with van der Waals surface area (Å²) >= 11 is 8.60. The lowest BCUT2D eigenvalue weighted by Crippen LogP contribution is -2.26. The summed E-state index contributed by atoms with van der Waals surface area (Å²) in [6, 6.07) is 6.33. The zero-order chi connectivity index (χ0) is 9.97. The van der Waals surface area contributed by atoms with E-state index in [1.165, 1.54) is 22.0 Å². The second kappa shape index (κ2) is 4.81. The highest BCUT2D eigenvalue weighted by atomic mass is 127. The summed E-state index contributed by atoms with van der Waals surface area (Å²) in [5.41, 5.74) is 1.33. The number of benzene rings is 1. The number of halogens is 2. The van der Waals surface area contributed by atoms with Crippen LogP contribution in [0.5, 0.6) is 0 Å². The molecule has 1 saturated heterocycles. The lowest BCUT2D eigenvalue weighted by atomic mass is 9.90. The van der Waals surface area contributed by atoms with Crippen molar-refractivity contribution in [2.45, 2.75) is 18.8 Å². The highest BCUT2D eigenvalue weighted by Gasteiger charge is 2.18. The van der Waals surface area contributed by atoms with Crippen molar-refractivity contribution in [3.63, 3.8) is 0 Å². The van der Waals surface area contributed by atoms with Gasteiger partial charge >= 0.3 is 0 Å².